The number of carbonyl (C=O) groups is 2. The number of hydrogen-bond acceptors (Lipinski definition) is 13. The lowest BCUT2D eigenvalue weighted by Gasteiger charge is -2.09. The van der Waals surface area contributed by atoms with E-state index in [9.17, 15) is 9.59 Å². The van der Waals surface area contributed by atoms with E-state index in [4.69, 9.17) is 52.1 Å². The summed E-state index contributed by atoms with van der Waals surface area (Å²) < 4.78 is 58.9. The molecule has 0 bridgehead atoms. The van der Waals surface area contributed by atoms with Crippen LogP contribution in [0, 0.1) is 0 Å². The second-order valence-electron chi connectivity index (χ2n) is 10.2. The highest BCUT2D eigenvalue weighted by molar-refractivity contribution is 5.86. The van der Waals surface area contributed by atoms with Crippen molar-refractivity contribution in [3.05, 3.63) is 12.2 Å². The third kappa shape index (κ3) is 36.8. The van der Waals surface area contributed by atoms with Crippen molar-refractivity contribution in [3.8, 4) is 0 Å². The van der Waals surface area contributed by atoms with E-state index in [-0.39, 0.29) is 19.2 Å². The van der Waals surface area contributed by atoms with Gasteiger partial charge in [0, 0.05) is 12.0 Å². The maximum absolute atomic E-state index is 11.7. The van der Waals surface area contributed by atoms with Gasteiger partial charge in [0.1, 0.15) is 13.2 Å². The van der Waals surface area contributed by atoms with Gasteiger partial charge < -0.3 is 52.1 Å². The van der Waals surface area contributed by atoms with Gasteiger partial charge in [0.25, 0.3) is 0 Å². The van der Waals surface area contributed by atoms with Gasteiger partial charge in [-0.2, -0.15) is 0 Å². The Hall–Kier alpha value is -1.68. The normalized spacial score (nSPS) is 11.2. The second-order valence-corrected chi connectivity index (χ2v) is 10.2. The highest BCUT2D eigenvalue weighted by Crippen LogP contribution is 2.07. The molecule has 0 rings (SSSR count). The van der Waals surface area contributed by atoms with E-state index in [2.05, 4.69) is 13.5 Å². The first-order chi connectivity index (χ1) is 22.6. The Morgan fingerprint density at radius 1 is 0.413 bits per heavy atom. The number of ether oxygens (including phenoxy) is 11. The fourth-order valence-electron chi connectivity index (χ4n) is 3.51. The van der Waals surface area contributed by atoms with Crippen molar-refractivity contribution >= 4 is 11.9 Å². The molecule has 0 aromatic heterocycles. The van der Waals surface area contributed by atoms with E-state index in [1.165, 1.54) is 25.7 Å². The van der Waals surface area contributed by atoms with Crippen LogP contribution in [0.25, 0.3) is 0 Å². The topological polar surface area (TPSA) is 136 Å². The van der Waals surface area contributed by atoms with E-state index in [0.29, 0.717) is 131 Å². The minimum atomic E-state index is -0.414. The van der Waals surface area contributed by atoms with Crippen LogP contribution in [0.15, 0.2) is 12.2 Å². The minimum absolute atomic E-state index is 0.147. The summed E-state index contributed by atoms with van der Waals surface area (Å²) in [4.78, 5) is 22.8. The molecule has 13 heteroatoms. The predicted octanol–water partition coefficient (Wildman–Crippen LogP) is 3.55. The fraction of sp³-hybridized carbons (Fsp3) is 0.879. The van der Waals surface area contributed by atoms with Gasteiger partial charge in [0.2, 0.25) is 0 Å². The molecule has 0 spiro atoms. The Morgan fingerprint density at radius 3 is 1.02 bits per heavy atom. The van der Waals surface area contributed by atoms with Gasteiger partial charge in [-0.3, -0.25) is 4.79 Å². The lowest BCUT2D eigenvalue weighted by molar-refractivity contribution is -0.145. The molecule has 13 nitrogen and oxygen atoms in total. The molecule has 46 heavy (non-hydrogen) atoms. The summed E-state index contributed by atoms with van der Waals surface area (Å²) >= 11 is 0. The zero-order chi connectivity index (χ0) is 33.6. The van der Waals surface area contributed by atoms with Crippen molar-refractivity contribution in [3.63, 3.8) is 0 Å². The van der Waals surface area contributed by atoms with E-state index >= 15 is 0 Å². The van der Waals surface area contributed by atoms with Gasteiger partial charge in [-0.25, -0.2) is 4.79 Å². The highest BCUT2D eigenvalue weighted by Gasteiger charge is 2.03. The van der Waals surface area contributed by atoms with Crippen LogP contribution >= 0.6 is 0 Å². The summed E-state index contributed by atoms with van der Waals surface area (Å²) in [6, 6.07) is 0. The van der Waals surface area contributed by atoms with Crippen molar-refractivity contribution in [2.45, 2.75) is 58.8 Å². The van der Waals surface area contributed by atoms with Gasteiger partial charge in [-0.05, 0) is 13.3 Å². The SMILES string of the molecule is C=C(C)C(=O)OCCOCCOCCOCCOCCOCCOCCOCCOCCOCCOC(=O)CCCCCCCC. The fourth-order valence-corrected chi connectivity index (χ4v) is 3.51. The van der Waals surface area contributed by atoms with Gasteiger partial charge in [-0.1, -0.05) is 45.6 Å². The molecule has 0 atom stereocenters. The van der Waals surface area contributed by atoms with Crippen LogP contribution in [0.3, 0.4) is 0 Å². The van der Waals surface area contributed by atoms with Crippen molar-refractivity contribution < 1.29 is 61.7 Å². The van der Waals surface area contributed by atoms with E-state index < -0.39 is 5.97 Å². The molecule has 0 aromatic carbocycles. The van der Waals surface area contributed by atoms with Gasteiger partial charge in [0.15, 0.2) is 0 Å². The zero-order valence-corrected chi connectivity index (χ0v) is 28.6. The number of rotatable bonds is 38. The highest BCUT2D eigenvalue weighted by atomic mass is 16.6. The minimum Gasteiger partial charge on any atom is -0.463 e. The summed E-state index contributed by atoms with van der Waals surface area (Å²) in [5, 5.41) is 0. The lowest BCUT2D eigenvalue weighted by Crippen LogP contribution is -2.16. The monoisotopic (exact) mass is 666 g/mol. The van der Waals surface area contributed by atoms with E-state index in [1.807, 2.05) is 0 Å². The van der Waals surface area contributed by atoms with E-state index in [1.54, 1.807) is 6.92 Å². The number of carbonyl (C=O) groups excluding carboxylic acids is 2. The standard InChI is InChI=1S/C33H62O13/c1-4-5-6-7-8-9-10-32(34)45-29-27-43-25-23-41-21-19-39-17-15-37-13-11-36-12-14-38-16-18-40-20-22-42-24-26-44-28-30-46-33(35)31(2)3/h2,4-30H2,1,3H3. The summed E-state index contributed by atoms with van der Waals surface area (Å²) in [6.45, 7) is 16.0. The molecular formula is C33H62O13. The van der Waals surface area contributed by atoms with Crippen LogP contribution in [0.2, 0.25) is 0 Å². The third-order valence-corrected chi connectivity index (χ3v) is 6.01. The zero-order valence-electron chi connectivity index (χ0n) is 28.6. The van der Waals surface area contributed by atoms with Crippen LogP contribution in [0.4, 0.5) is 0 Å². The van der Waals surface area contributed by atoms with Crippen molar-refractivity contribution in [2.24, 2.45) is 0 Å². The first-order valence-corrected chi connectivity index (χ1v) is 16.8. The lowest BCUT2D eigenvalue weighted by atomic mass is 10.1. The number of hydrogen-bond donors (Lipinski definition) is 0. The molecule has 0 aromatic rings. The Balaban J connectivity index is 3.12. The van der Waals surface area contributed by atoms with E-state index in [0.717, 1.165) is 12.8 Å². The quantitative estimate of drug-likeness (QED) is 0.0541. The number of esters is 2. The molecule has 0 aliphatic rings. The molecule has 0 saturated heterocycles. The summed E-state index contributed by atoms with van der Waals surface area (Å²) in [7, 11) is 0. The average Bonchev–Trinajstić information content (AvgIpc) is 3.05. The van der Waals surface area contributed by atoms with Crippen molar-refractivity contribution in [1.82, 2.24) is 0 Å². The average molecular weight is 667 g/mol. The summed E-state index contributed by atoms with van der Waals surface area (Å²) in [6.07, 6.45) is 7.40. The molecule has 0 saturated carbocycles. The van der Waals surface area contributed by atoms with Crippen LogP contribution in [0.5, 0.6) is 0 Å². The second kappa shape index (κ2) is 37.8. The third-order valence-electron chi connectivity index (χ3n) is 6.01. The molecule has 0 amide bonds. The Kier molecular flexibility index (Phi) is 36.4. The maximum atomic E-state index is 11.7. The van der Waals surface area contributed by atoms with Gasteiger partial charge >= 0.3 is 11.9 Å². The van der Waals surface area contributed by atoms with Crippen LogP contribution < -0.4 is 0 Å². The van der Waals surface area contributed by atoms with Gasteiger partial charge in [-0.15, -0.1) is 0 Å². The Labute approximate surface area is 276 Å². The van der Waals surface area contributed by atoms with Crippen LogP contribution in [-0.4, -0.2) is 144 Å². The Bertz CT molecular complexity index is 678. The molecule has 0 aliphatic carbocycles. The summed E-state index contributed by atoms with van der Waals surface area (Å²) in [5.41, 5.74) is 0.368. The molecule has 272 valence electrons. The summed E-state index contributed by atoms with van der Waals surface area (Å²) in [5.74, 6) is -0.562. The molecule has 0 unspecified atom stereocenters. The first kappa shape index (κ1) is 44.3. The van der Waals surface area contributed by atoms with Crippen LogP contribution in [-0.2, 0) is 61.7 Å². The largest absolute Gasteiger partial charge is 0.463 e. The van der Waals surface area contributed by atoms with Gasteiger partial charge in [0.05, 0.1) is 119 Å². The molecule has 0 fully saturated rings. The van der Waals surface area contributed by atoms with Crippen molar-refractivity contribution in [2.75, 3.05) is 132 Å². The number of unbranched alkanes of at least 4 members (excludes halogenated alkanes) is 5. The van der Waals surface area contributed by atoms with Crippen LogP contribution in [0.1, 0.15) is 58.8 Å². The molecule has 0 heterocycles. The maximum Gasteiger partial charge on any atom is 0.333 e. The Morgan fingerprint density at radius 2 is 0.696 bits per heavy atom. The molecule has 0 N–H and O–H groups in total. The smallest absolute Gasteiger partial charge is 0.333 e. The predicted molar refractivity (Wildman–Crippen MR) is 172 cm³/mol. The first-order valence-electron chi connectivity index (χ1n) is 16.8. The molecule has 0 aliphatic heterocycles. The van der Waals surface area contributed by atoms with Crippen molar-refractivity contribution in [1.29, 1.82) is 0 Å². The molecular weight excluding hydrogens is 604 g/mol. The molecule has 0 radical (unpaired) electrons.